The van der Waals surface area contributed by atoms with Crippen molar-refractivity contribution in [1.82, 2.24) is 24.6 Å². The van der Waals surface area contributed by atoms with Gasteiger partial charge in [0.1, 0.15) is 0 Å². The molecule has 0 unspecified atom stereocenters. The van der Waals surface area contributed by atoms with Crippen LogP contribution >= 0.6 is 0 Å². The lowest BCUT2D eigenvalue weighted by molar-refractivity contribution is -0.132. The van der Waals surface area contributed by atoms with Crippen molar-refractivity contribution in [1.29, 1.82) is 0 Å². The molecule has 8 heteroatoms. The molecule has 3 heterocycles. The molecule has 3 aromatic rings. The predicted molar refractivity (Wildman–Crippen MR) is 98.2 cm³/mol. The van der Waals surface area contributed by atoms with Crippen LogP contribution in [0.1, 0.15) is 36.9 Å². The van der Waals surface area contributed by atoms with Gasteiger partial charge in [-0.3, -0.25) is 14.2 Å². The monoisotopic (exact) mass is 367 g/mol. The number of piperidine rings is 1. The Morgan fingerprint density at radius 3 is 2.78 bits per heavy atom. The molecule has 2 aromatic heterocycles. The van der Waals surface area contributed by atoms with E-state index >= 15 is 0 Å². The summed E-state index contributed by atoms with van der Waals surface area (Å²) in [6.07, 6.45) is 3.44. The Morgan fingerprint density at radius 2 is 2.04 bits per heavy atom. The highest BCUT2D eigenvalue weighted by molar-refractivity contribution is 5.77. The molecule has 1 saturated heterocycles. The molecule has 0 bridgehead atoms. The maximum Gasteiger partial charge on any atom is 0.261 e. The Bertz CT molecular complexity index is 1020. The number of fused-ring (bicyclic) bond motifs is 1. The fourth-order valence-electron chi connectivity index (χ4n) is 3.51. The van der Waals surface area contributed by atoms with E-state index in [0.717, 1.165) is 18.7 Å². The van der Waals surface area contributed by atoms with Gasteiger partial charge in [-0.1, -0.05) is 17.3 Å². The number of rotatable bonds is 4. The third kappa shape index (κ3) is 3.60. The normalized spacial score (nSPS) is 15.4. The summed E-state index contributed by atoms with van der Waals surface area (Å²) >= 11 is 0. The minimum Gasteiger partial charge on any atom is -0.343 e. The molecule has 1 aliphatic rings. The summed E-state index contributed by atoms with van der Waals surface area (Å²) in [5.74, 6) is 1.59. The average Bonchev–Trinajstić information content (AvgIpc) is 3.14. The zero-order valence-electron chi connectivity index (χ0n) is 15.2. The van der Waals surface area contributed by atoms with Crippen LogP contribution in [0.3, 0.4) is 0 Å². The molecule has 1 fully saturated rings. The van der Waals surface area contributed by atoms with Crippen LogP contribution in [0.4, 0.5) is 0 Å². The van der Waals surface area contributed by atoms with Crippen LogP contribution in [-0.4, -0.2) is 43.6 Å². The van der Waals surface area contributed by atoms with Gasteiger partial charge in [0, 0.05) is 38.9 Å². The summed E-state index contributed by atoms with van der Waals surface area (Å²) in [6.45, 7) is 3.45. The number of carbonyl (C=O) groups excluding carboxylic acids is 1. The summed E-state index contributed by atoms with van der Waals surface area (Å²) < 4.78 is 6.55. The highest BCUT2D eigenvalue weighted by atomic mass is 16.5. The molecular formula is C19H21N5O3. The first-order chi connectivity index (χ1) is 13.1. The average molecular weight is 367 g/mol. The molecule has 0 radical (unpaired) electrons. The third-order valence-corrected chi connectivity index (χ3v) is 5.05. The number of hydrogen-bond acceptors (Lipinski definition) is 6. The molecule has 0 saturated carbocycles. The fraction of sp³-hybridized carbons (Fsp3) is 0.421. The highest BCUT2D eigenvalue weighted by Gasteiger charge is 2.26. The van der Waals surface area contributed by atoms with Gasteiger partial charge in [-0.05, 0) is 25.0 Å². The van der Waals surface area contributed by atoms with E-state index in [-0.39, 0.29) is 23.8 Å². The number of carbonyl (C=O) groups is 1. The molecule has 1 aliphatic heterocycles. The molecule has 1 aromatic carbocycles. The number of hydrogen-bond donors (Lipinski definition) is 0. The maximum absolute atomic E-state index is 12.5. The number of amides is 1. The van der Waals surface area contributed by atoms with Gasteiger partial charge in [-0.2, -0.15) is 4.98 Å². The Labute approximate surface area is 155 Å². The maximum atomic E-state index is 12.5. The number of benzene rings is 1. The molecular weight excluding hydrogens is 346 g/mol. The van der Waals surface area contributed by atoms with Gasteiger partial charge < -0.3 is 9.42 Å². The molecule has 140 valence electrons. The van der Waals surface area contributed by atoms with Gasteiger partial charge in [0.05, 0.1) is 17.2 Å². The van der Waals surface area contributed by atoms with E-state index in [1.807, 2.05) is 23.1 Å². The van der Waals surface area contributed by atoms with Crippen molar-refractivity contribution in [2.75, 3.05) is 13.1 Å². The van der Waals surface area contributed by atoms with Gasteiger partial charge in [-0.15, -0.1) is 0 Å². The lowest BCUT2D eigenvalue weighted by Gasteiger charge is -2.30. The van der Waals surface area contributed by atoms with E-state index in [2.05, 4.69) is 15.1 Å². The number of aromatic nitrogens is 4. The first-order valence-electron chi connectivity index (χ1n) is 9.14. The molecule has 27 heavy (non-hydrogen) atoms. The van der Waals surface area contributed by atoms with Crippen LogP contribution in [0.25, 0.3) is 10.9 Å². The zero-order chi connectivity index (χ0) is 18.8. The van der Waals surface area contributed by atoms with Crippen LogP contribution in [-0.2, 0) is 11.3 Å². The number of aryl methyl sites for hydroxylation is 2. The van der Waals surface area contributed by atoms with Gasteiger partial charge in [0.2, 0.25) is 11.8 Å². The van der Waals surface area contributed by atoms with E-state index in [0.29, 0.717) is 36.4 Å². The molecule has 0 aliphatic carbocycles. The molecule has 0 N–H and O–H groups in total. The third-order valence-electron chi connectivity index (χ3n) is 5.05. The summed E-state index contributed by atoms with van der Waals surface area (Å²) in [6, 6.07) is 7.23. The molecule has 4 rings (SSSR count). The van der Waals surface area contributed by atoms with Crippen molar-refractivity contribution in [3.8, 4) is 0 Å². The highest BCUT2D eigenvalue weighted by Crippen LogP contribution is 2.26. The van der Waals surface area contributed by atoms with Gasteiger partial charge >= 0.3 is 0 Å². The van der Waals surface area contributed by atoms with E-state index in [9.17, 15) is 9.59 Å². The van der Waals surface area contributed by atoms with Crippen molar-refractivity contribution < 1.29 is 9.32 Å². The van der Waals surface area contributed by atoms with Crippen molar-refractivity contribution in [3.63, 3.8) is 0 Å². The Hall–Kier alpha value is -3.03. The largest absolute Gasteiger partial charge is 0.343 e. The molecule has 0 spiro atoms. The number of nitrogens with zero attached hydrogens (tertiary/aromatic N) is 5. The second-order valence-corrected chi connectivity index (χ2v) is 6.84. The summed E-state index contributed by atoms with van der Waals surface area (Å²) in [7, 11) is 0. The van der Waals surface area contributed by atoms with Crippen LogP contribution < -0.4 is 5.56 Å². The quantitative estimate of drug-likeness (QED) is 0.699. The Balaban J connectivity index is 1.35. The van der Waals surface area contributed by atoms with Gasteiger partial charge in [-0.25, -0.2) is 4.98 Å². The van der Waals surface area contributed by atoms with Gasteiger partial charge in [0.15, 0.2) is 5.82 Å². The van der Waals surface area contributed by atoms with Crippen LogP contribution in [0.2, 0.25) is 0 Å². The second kappa shape index (κ2) is 7.30. The molecule has 0 atom stereocenters. The van der Waals surface area contributed by atoms with Crippen LogP contribution in [0.15, 0.2) is 39.9 Å². The predicted octanol–water partition coefficient (Wildman–Crippen LogP) is 1.88. The first kappa shape index (κ1) is 17.4. The Kier molecular flexibility index (Phi) is 4.70. The topological polar surface area (TPSA) is 94.1 Å². The minimum atomic E-state index is -0.111. The van der Waals surface area contributed by atoms with Gasteiger partial charge in [0.25, 0.3) is 5.56 Å². The minimum absolute atomic E-state index is 0.0535. The lowest BCUT2D eigenvalue weighted by Crippen LogP contribution is -2.38. The van der Waals surface area contributed by atoms with E-state index in [4.69, 9.17) is 4.52 Å². The second-order valence-electron chi connectivity index (χ2n) is 6.84. The van der Waals surface area contributed by atoms with Crippen molar-refractivity contribution in [2.45, 2.75) is 38.6 Å². The van der Waals surface area contributed by atoms with E-state index < -0.39 is 0 Å². The summed E-state index contributed by atoms with van der Waals surface area (Å²) in [5.41, 5.74) is 0.559. The molecule has 8 nitrogen and oxygen atoms in total. The zero-order valence-corrected chi connectivity index (χ0v) is 15.2. The lowest BCUT2D eigenvalue weighted by atomic mass is 9.96. The first-order valence-corrected chi connectivity index (χ1v) is 9.14. The molecule has 1 amide bonds. The Morgan fingerprint density at radius 1 is 1.26 bits per heavy atom. The smallest absolute Gasteiger partial charge is 0.261 e. The van der Waals surface area contributed by atoms with Crippen LogP contribution in [0.5, 0.6) is 0 Å². The van der Waals surface area contributed by atoms with Crippen molar-refractivity contribution in [2.24, 2.45) is 0 Å². The number of likely N-dealkylation sites (tertiary alicyclic amines) is 1. The summed E-state index contributed by atoms with van der Waals surface area (Å²) in [4.78, 5) is 35.5. The summed E-state index contributed by atoms with van der Waals surface area (Å²) in [5, 5.41) is 4.56. The van der Waals surface area contributed by atoms with E-state index in [1.54, 1.807) is 13.0 Å². The SMILES string of the molecule is Cc1nc(C2CCN(C(=O)CCn3cnc4ccccc4c3=O)CC2)no1. The van der Waals surface area contributed by atoms with Crippen molar-refractivity contribution >= 4 is 16.8 Å². The van der Waals surface area contributed by atoms with E-state index in [1.165, 1.54) is 10.9 Å². The van der Waals surface area contributed by atoms with Crippen molar-refractivity contribution in [3.05, 3.63) is 52.7 Å². The fourth-order valence-corrected chi connectivity index (χ4v) is 3.51. The van der Waals surface area contributed by atoms with Crippen LogP contribution in [0, 0.1) is 6.92 Å². The standard InChI is InChI=1S/C19H21N5O3/c1-13-21-18(22-27-13)14-6-9-23(10-7-14)17(25)8-11-24-12-20-16-5-3-2-4-15(16)19(24)26/h2-5,12,14H,6-11H2,1H3. The number of para-hydroxylation sites is 1.